The predicted octanol–water partition coefficient (Wildman–Crippen LogP) is 8.64. The Labute approximate surface area is 183 Å². The maximum Gasteiger partial charge on any atom is 0.0461 e. The molecule has 0 amide bonds. The molecule has 2 rings (SSSR count). The van der Waals surface area contributed by atoms with Gasteiger partial charge in [-0.15, -0.1) is 6.58 Å². The van der Waals surface area contributed by atoms with Crippen LogP contribution in [0.4, 0.5) is 0 Å². The second kappa shape index (κ2) is 12.7. The van der Waals surface area contributed by atoms with E-state index in [1.807, 2.05) is 25.2 Å². The van der Waals surface area contributed by atoms with Gasteiger partial charge in [-0.05, 0) is 56.1 Å². The van der Waals surface area contributed by atoms with E-state index in [1.54, 1.807) is 0 Å². The van der Waals surface area contributed by atoms with Crippen LogP contribution in [0, 0.1) is 17.8 Å². The van der Waals surface area contributed by atoms with Crippen molar-refractivity contribution in [2.24, 2.45) is 17.8 Å². The Morgan fingerprint density at radius 2 is 1.53 bits per heavy atom. The molecule has 1 aliphatic rings. The lowest BCUT2D eigenvalue weighted by molar-refractivity contribution is 0.398. The van der Waals surface area contributed by atoms with Crippen molar-refractivity contribution in [1.29, 1.82) is 0 Å². The van der Waals surface area contributed by atoms with E-state index in [4.69, 9.17) is 0 Å². The number of hydrogen-bond donors (Lipinski definition) is 1. The zero-order valence-electron chi connectivity index (χ0n) is 18.7. The van der Waals surface area contributed by atoms with E-state index in [0.717, 1.165) is 41.8 Å². The van der Waals surface area contributed by atoms with Crippen molar-refractivity contribution in [1.82, 2.24) is 4.98 Å². The summed E-state index contributed by atoms with van der Waals surface area (Å²) in [5.41, 5.74) is 4.39. The van der Waals surface area contributed by atoms with Gasteiger partial charge in [-0.3, -0.25) is 0 Å². The largest absolute Gasteiger partial charge is 0.355 e. The molecule has 2 atom stereocenters. The topological polar surface area (TPSA) is 15.8 Å². The van der Waals surface area contributed by atoms with Gasteiger partial charge in [0.1, 0.15) is 0 Å². The van der Waals surface area contributed by atoms with Gasteiger partial charge in [0.05, 0.1) is 0 Å². The fraction of sp³-hybridized carbons (Fsp3) is 0.310. The molecule has 1 aromatic heterocycles. The normalized spacial score (nSPS) is 16.2. The highest BCUT2D eigenvalue weighted by atomic mass is 14.7. The van der Waals surface area contributed by atoms with Crippen molar-refractivity contribution in [3.8, 4) is 0 Å². The molecular weight excluding hydrogens is 362 g/mol. The van der Waals surface area contributed by atoms with Gasteiger partial charge in [0.15, 0.2) is 0 Å². The van der Waals surface area contributed by atoms with Crippen LogP contribution in [0.15, 0.2) is 74.4 Å². The van der Waals surface area contributed by atoms with Crippen molar-refractivity contribution in [2.75, 3.05) is 0 Å². The van der Waals surface area contributed by atoms with E-state index >= 15 is 0 Å². The Bertz CT molecular complexity index is 837. The SMILES string of the molecule is C=Cc1c(/C=C\C)[nH]c(/C=C\C(CCC2C=CC=CC=C2)C(C=C)CCC)c1C=C. The Morgan fingerprint density at radius 3 is 2.07 bits per heavy atom. The molecule has 1 aliphatic carbocycles. The van der Waals surface area contributed by atoms with E-state index in [-0.39, 0.29) is 0 Å². The van der Waals surface area contributed by atoms with Gasteiger partial charge in [-0.1, -0.05) is 93.3 Å². The van der Waals surface area contributed by atoms with E-state index in [9.17, 15) is 0 Å². The minimum Gasteiger partial charge on any atom is -0.355 e. The van der Waals surface area contributed by atoms with E-state index in [0.29, 0.717) is 17.8 Å². The van der Waals surface area contributed by atoms with Gasteiger partial charge in [0.2, 0.25) is 0 Å². The van der Waals surface area contributed by atoms with E-state index in [2.05, 4.69) is 92.4 Å². The monoisotopic (exact) mass is 399 g/mol. The third kappa shape index (κ3) is 6.35. The first kappa shape index (κ1) is 23.5. The third-order valence-corrected chi connectivity index (χ3v) is 5.75. The molecule has 30 heavy (non-hydrogen) atoms. The molecule has 0 aromatic carbocycles. The van der Waals surface area contributed by atoms with Crippen molar-refractivity contribution in [3.05, 3.63) is 96.9 Å². The number of allylic oxidation sites excluding steroid dienone is 9. The Hall–Kier alpha value is -2.80. The molecular formula is C29H37N. The molecule has 1 heteroatoms. The average Bonchev–Trinajstić information content (AvgIpc) is 2.90. The van der Waals surface area contributed by atoms with Crippen molar-refractivity contribution < 1.29 is 0 Å². The standard InChI is InChI=1S/C29H37N/c1-6-15-24(8-3)25(20-19-23-17-13-11-12-14-18-23)21-22-29-27(10-5)26(9-4)28(30-29)16-7-2/h7-14,16-18,21-25,30H,3-6,15,19-20H2,1-2H3/b16-7-,22-21-. The highest BCUT2D eigenvalue weighted by molar-refractivity contribution is 5.78. The summed E-state index contributed by atoms with van der Waals surface area (Å²) in [6, 6.07) is 0. The lowest BCUT2D eigenvalue weighted by atomic mass is 9.82. The smallest absolute Gasteiger partial charge is 0.0461 e. The summed E-state index contributed by atoms with van der Waals surface area (Å²) in [5, 5.41) is 0. The summed E-state index contributed by atoms with van der Waals surface area (Å²) < 4.78 is 0. The molecule has 0 bridgehead atoms. The molecule has 2 unspecified atom stereocenters. The van der Waals surface area contributed by atoms with Gasteiger partial charge in [0, 0.05) is 22.5 Å². The van der Waals surface area contributed by atoms with E-state index < -0.39 is 0 Å². The highest BCUT2D eigenvalue weighted by Crippen LogP contribution is 2.30. The minimum absolute atomic E-state index is 0.457. The quantitative estimate of drug-likeness (QED) is 0.338. The predicted molar refractivity (Wildman–Crippen MR) is 137 cm³/mol. The van der Waals surface area contributed by atoms with Crippen LogP contribution in [0.2, 0.25) is 0 Å². The molecule has 0 spiro atoms. The first-order valence-corrected chi connectivity index (χ1v) is 11.1. The lowest BCUT2D eigenvalue weighted by Crippen LogP contribution is -2.12. The molecule has 158 valence electrons. The summed E-state index contributed by atoms with van der Waals surface area (Å²) in [4.78, 5) is 3.54. The van der Waals surface area contributed by atoms with Gasteiger partial charge < -0.3 is 4.98 Å². The van der Waals surface area contributed by atoms with Crippen molar-refractivity contribution in [2.45, 2.75) is 39.5 Å². The van der Waals surface area contributed by atoms with Crippen LogP contribution in [0.25, 0.3) is 24.3 Å². The molecule has 0 radical (unpaired) electrons. The minimum atomic E-state index is 0.457. The highest BCUT2D eigenvalue weighted by Gasteiger charge is 2.17. The lowest BCUT2D eigenvalue weighted by Gasteiger charge is -2.22. The number of hydrogen-bond acceptors (Lipinski definition) is 0. The molecule has 1 heterocycles. The van der Waals surface area contributed by atoms with Gasteiger partial charge in [-0.25, -0.2) is 0 Å². The Balaban J connectivity index is 2.28. The zero-order chi connectivity index (χ0) is 21.8. The molecule has 0 saturated carbocycles. The first-order valence-electron chi connectivity index (χ1n) is 11.1. The maximum absolute atomic E-state index is 4.14. The van der Waals surface area contributed by atoms with Crippen LogP contribution in [-0.4, -0.2) is 4.98 Å². The third-order valence-electron chi connectivity index (χ3n) is 5.75. The number of aromatic nitrogens is 1. The Kier molecular flexibility index (Phi) is 9.94. The number of rotatable bonds is 12. The summed E-state index contributed by atoms with van der Waals surface area (Å²) >= 11 is 0. The first-order chi connectivity index (χ1) is 14.7. The van der Waals surface area contributed by atoms with Crippen LogP contribution >= 0.6 is 0 Å². The van der Waals surface area contributed by atoms with Gasteiger partial charge in [-0.2, -0.15) is 0 Å². The van der Waals surface area contributed by atoms with Crippen LogP contribution < -0.4 is 0 Å². The van der Waals surface area contributed by atoms with Crippen LogP contribution in [-0.2, 0) is 0 Å². The summed E-state index contributed by atoms with van der Waals surface area (Å²) in [5.74, 6) is 1.43. The second-order valence-electron chi connectivity index (χ2n) is 7.80. The molecule has 0 aliphatic heterocycles. The second-order valence-corrected chi connectivity index (χ2v) is 7.80. The fourth-order valence-electron chi connectivity index (χ4n) is 4.14. The van der Waals surface area contributed by atoms with Crippen molar-refractivity contribution >= 4 is 24.3 Å². The van der Waals surface area contributed by atoms with Gasteiger partial charge in [0.25, 0.3) is 0 Å². The Morgan fingerprint density at radius 1 is 0.900 bits per heavy atom. The van der Waals surface area contributed by atoms with Crippen molar-refractivity contribution in [3.63, 3.8) is 0 Å². The van der Waals surface area contributed by atoms with E-state index in [1.165, 1.54) is 6.42 Å². The molecule has 0 fully saturated rings. The maximum atomic E-state index is 4.14. The van der Waals surface area contributed by atoms with Crippen LogP contribution in [0.5, 0.6) is 0 Å². The number of aromatic amines is 1. The van der Waals surface area contributed by atoms with Gasteiger partial charge >= 0.3 is 0 Å². The van der Waals surface area contributed by atoms with Crippen LogP contribution in [0.3, 0.4) is 0 Å². The van der Waals surface area contributed by atoms with Crippen LogP contribution in [0.1, 0.15) is 62.0 Å². The summed E-state index contributed by atoms with van der Waals surface area (Å²) in [6.07, 6.45) is 32.4. The zero-order valence-corrected chi connectivity index (χ0v) is 18.7. The number of H-pyrrole nitrogens is 1. The molecule has 0 saturated heterocycles. The summed E-state index contributed by atoms with van der Waals surface area (Å²) in [6.45, 7) is 16.4. The molecule has 1 aromatic rings. The molecule has 1 N–H and O–H groups in total. The fourth-order valence-corrected chi connectivity index (χ4v) is 4.14. The average molecular weight is 400 g/mol. The number of nitrogens with one attached hydrogen (secondary N) is 1. The molecule has 1 nitrogen and oxygen atoms in total. The summed E-state index contributed by atoms with van der Waals surface area (Å²) in [7, 11) is 0.